The smallest absolute Gasteiger partial charge is 0.407 e. The molecule has 0 radical (unpaired) electrons. The Balaban J connectivity index is 0. The van der Waals surface area contributed by atoms with Gasteiger partial charge in [-0.25, -0.2) is 9.59 Å². The average Bonchev–Trinajstić information content (AvgIpc) is 2.89. The van der Waals surface area contributed by atoms with Gasteiger partial charge in [0.05, 0.1) is 0 Å². The van der Waals surface area contributed by atoms with Crippen LogP contribution in [0.2, 0.25) is 0 Å². The van der Waals surface area contributed by atoms with Crippen LogP contribution in [0.1, 0.15) is 165 Å². The Bertz CT molecular complexity index is 759. The van der Waals surface area contributed by atoms with Crippen molar-refractivity contribution in [3.05, 3.63) is 0 Å². The van der Waals surface area contributed by atoms with Crippen LogP contribution in [0.4, 0.5) is 9.59 Å². The van der Waals surface area contributed by atoms with E-state index in [4.69, 9.17) is 19.3 Å². The zero-order valence-electron chi connectivity index (χ0n) is 29.3. The van der Waals surface area contributed by atoms with E-state index in [9.17, 15) is 19.2 Å². The Labute approximate surface area is 268 Å². The molecule has 0 aromatic heterocycles. The van der Waals surface area contributed by atoms with Crippen LogP contribution in [0.3, 0.4) is 0 Å². The normalized spacial score (nSPS) is 11.9. The molecule has 0 rings (SSSR count). The first-order valence-electron chi connectivity index (χ1n) is 16.9. The van der Waals surface area contributed by atoms with Gasteiger partial charge < -0.3 is 30.0 Å². The number of ether oxygens (including phenoxy) is 3. The van der Waals surface area contributed by atoms with Gasteiger partial charge in [-0.05, 0) is 80.1 Å². The molecule has 0 saturated heterocycles. The summed E-state index contributed by atoms with van der Waals surface area (Å²) in [6.07, 6.45) is 16.1. The SMILES string of the molecule is CC(C)(C)OC(=O)NCCCC(=O)O.CCCCCCCCC(CCCCCCC)OC(=O)CCCNC(=O)OC(C)(C)C. The summed E-state index contributed by atoms with van der Waals surface area (Å²) >= 11 is 0. The second-order valence-corrected chi connectivity index (χ2v) is 13.3. The van der Waals surface area contributed by atoms with Gasteiger partial charge >= 0.3 is 24.1 Å². The molecule has 10 heteroatoms. The summed E-state index contributed by atoms with van der Waals surface area (Å²) in [4.78, 5) is 45.1. The highest BCUT2D eigenvalue weighted by molar-refractivity contribution is 5.70. The van der Waals surface area contributed by atoms with Gasteiger partial charge in [0.15, 0.2) is 0 Å². The summed E-state index contributed by atoms with van der Waals surface area (Å²) in [6, 6.07) is 0. The third-order valence-corrected chi connectivity index (χ3v) is 6.27. The molecule has 0 spiro atoms. The molecular formula is C34H66N2O8. The number of unbranched alkanes of at least 4 members (excludes halogenated alkanes) is 9. The lowest BCUT2D eigenvalue weighted by molar-refractivity contribution is -0.150. The molecule has 44 heavy (non-hydrogen) atoms. The predicted molar refractivity (Wildman–Crippen MR) is 176 cm³/mol. The summed E-state index contributed by atoms with van der Waals surface area (Å²) in [7, 11) is 0. The maximum atomic E-state index is 12.3. The highest BCUT2D eigenvalue weighted by Gasteiger charge is 2.17. The first-order valence-corrected chi connectivity index (χ1v) is 16.9. The fourth-order valence-corrected chi connectivity index (χ4v) is 4.12. The third kappa shape index (κ3) is 35.7. The number of carbonyl (C=O) groups is 4. The van der Waals surface area contributed by atoms with Crippen LogP contribution in [0.25, 0.3) is 0 Å². The van der Waals surface area contributed by atoms with E-state index in [1.54, 1.807) is 20.8 Å². The van der Waals surface area contributed by atoms with E-state index in [2.05, 4.69) is 24.5 Å². The fourth-order valence-electron chi connectivity index (χ4n) is 4.12. The van der Waals surface area contributed by atoms with Crippen LogP contribution in [0.5, 0.6) is 0 Å². The van der Waals surface area contributed by atoms with Crippen molar-refractivity contribution < 1.29 is 38.5 Å². The van der Waals surface area contributed by atoms with E-state index in [1.165, 1.54) is 57.8 Å². The van der Waals surface area contributed by atoms with Crippen molar-refractivity contribution in [1.82, 2.24) is 10.6 Å². The second kappa shape index (κ2) is 26.8. The van der Waals surface area contributed by atoms with Crippen LogP contribution in [-0.4, -0.2) is 59.6 Å². The minimum atomic E-state index is -0.865. The van der Waals surface area contributed by atoms with Crippen LogP contribution in [0, 0.1) is 0 Å². The number of carboxylic acids is 1. The summed E-state index contributed by atoms with van der Waals surface area (Å²) in [6.45, 7) is 16.0. The van der Waals surface area contributed by atoms with Crippen molar-refractivity contribution in [3.8, 4) is 0 Å². The van der Waals surface area contributed by atoms with Gasteiger partial charge in [0.2, 0.25) is 0 Å². The molecule has 260 valence electrons. The molecular weight excluding hydrogens is 564 g/mol. The number of hydrogen-bond acceptors (Lipinski definition) is 7. The van der Waals surface area contributed by atoms with Crippen molar-refractivity contribution in [1.29, 1.82) is 0 Å². The molecule has 0 aromatic rings. The van der Waals surface area contributed by atoms with Gasteiger partial charge in [-0.2, -0.15) is 0 Å². The molecule has 0 aliphatic heterocycles. The first kappa shape index (κ1) is 43.6. The summed E-state index contributed by atoms with van der Waals surface area (Å²) in [5.41, 5.74) is -1.03. The monoisotopic (exact) mass is 630 g/mol. The van der Waals surface area contributed by atoms with Crippen LogP contribution < -0.4 is 10.6 Å². The van der Waals surface area contributed by atoms with E-state index < -0.39 is 29.4 Å². The minimum Gasteiger partial charge on any atom is -0.481 e. The number of nitrogens with one attached hydrogen (secondary N) is 2. The minimum absolute atomic E-state index is 0.0455. The quantitative estimate of drug-likeness (QED) is 0.0613. The number of alkyl carbamates (subject to hydrolysis) is 2. The van der Waals surface area contributed by atoms with Crippen molar-refractivity contribution in [2.24, 2.45) is 0 Å². The van der Waals surface area contributed by atoms with Crippen LogP contribution >= 0.6 is 0 Å². The lowest BCUT2D eigenvalue weighted by Gasteiger charge is -2.20. The van der Waals surface area contributed by atoms with E-state index in [1.807, 2.05) is 20.8 Å². The number of aliphatic carboxylic acids is 1. The molecule has 0 aliphatic rings. The van der Waals surface area contributed by atoms with Crippen molar-refractivity contribution in [2.45, 2.75) is 182 Å². The topological polar surface area (TPSA) is 140 Å². The molecule has 0 aromatic carbocycles. The molecule has 0 fully saturated rings. The summed E-state index contributed by atoms with van der Waals surface area (Å²) in [5.74, 6) is -1.01. The standard InChI is InChI=1S/C25H49NO4.C9H17NO4/c1-6-8-10-12-14-16-19-22(18-15-13-11-9-7-2)29-23(27)20-17-21-26-24(28)30-25(3,4)5;1-9(2,3)14-8(13)10-6-4-5-7(11)12/h22H,6-21H2,1-5H3,(H,26,28);4-6H2,1-3H3,(H,10,13)(H,11,12). The Morgan fingerprint density at radius 3 is 1.36 bits per heavy atom. The van der Waals surface area contributed by atoms with Gasteiger partial charge in [0, 0.05) is 25.9 Å². The van der Waals surface area contributed by atoms with E-state index >= 15 is 0 Å². The largest absolute Gasteiger partial charge is 0.481 e. The predicted octanol–water partition coefficient (Wildman–Crippen LogP) is 8.69. The Hall–Kier alpha value is -2.52. The van der Waals surface area contributed by atoms with Crippen molar-refractivity contribution >= 4 is 24.1 Å². The van der Waals surface area contributed by atoms with E-state index in [0.717, 1.165) is 25.7 Å². The maximum Gasteiger partial charge on any atom is 0.407 e. The van der Waals surface area contributed by atoms with Crippen LogP contribution in [-0.2, 0) is 23.8 Å². The van der Waals surface area contributed by atoms with E-state index in [0.29, 0.717) is 32.4 Å². The third-order valence-electron chi connectivity index (χ3n) is 6.27. The number of esters is 1. The number of rotatable bonds is 22. The van der Waals surface area contributed by atoms with Crippen molar-refractivity contribution in [3.63, 3.8) is 0 Å². The van der Waals surface area contributed by atoms with Gasteiger partial charge in [-0.3, -0.25) is 9.59 Å². The first-order chi connectivity index (χ1) is 20.6. The lowest BCUT2D eigenvalue weighted by atomic mass is 10.0. The molecule has 0 aliphatic carbocycles. The fraction of sp³-hybridized carbons (Fsp3) is 0.882. The Morgan fingerprint density at radius 2 is 0.977 bits per heavy atom. The number of hydrogen-bond donors (Lipinski definition) is 3. The molecule has 0 heterocycles. The Morgan fingerprint density at radius 1 is 0.591 bits per heavy atom. The molecule has 0 saturated carbocycles. The van der Waals surface area contributed by atoms with Gasteiger partial charge in [-0.1, -0.05) is 71.6 Å². The number of carbonyl (C=O) groups excluding carboxylic acids is 3. The Kier molecular flexibility index (Phi) is 26.6. The van der Waals surface area contributed by atoms with Gasteiger partial charge in [0.25, 0.3) is 0 Å². The van der Waals surface area contributed by atoms with Crippen molar-refractivity contribution in [2.75, 3.05) is 13.1 Å². The second-order valence-electron chi connectivity index (χ2n) is 13.3. The number of carboxylic acid groups (broad SMARTS) is 1. The number of amides is 2. The zero-order valence-corrected chi connectivity index (χ0v) is 29.3. The highest BCUT2D eigenvalue weighted by Crippen LogP contribution is 2.17. The van der Waals surface area contributed by atoms with Gasteiger partial charge in [-0.15, -0.1) is 0 Å². The van der Waals surface area contributed by atoms with E-state index in [-0.39, 0.29) is 18.5 Å². The van der Waals surface area contributed by atoms with Gasteiger partial charge in [0.1, 0.15) is 17.3 Å². The molecule has 2 amide bonds. The summed E-state index contributed by atoms with van der Waals surface area (Å²) < 4.78 is 15.9. The zero-order chi connectivity index (χ0) is 33.9. The van der Waals surface area contributed by atoms with Crippen LogP contribution in [0.15, 0.2) is 0 Å². The summed E-state index contributed by atoms with van der Waals surface area (Å²) in [5, 5.41) is 13.5. The highest BCUT2D eigenvalue weighted by atomic mass is 16.6. The maximum absolute atomic E-state index is 12.3. The molecule has 0 bridgehead atoms. The molecule has 3 N–H and O–H groups in total. The lowest BCUT2D eigenvalue weighted by Crippen LogP contribution is -2.33. The molecule has 10 nitrogen and oxygen atoms in total. The molecule has 1 unspecified atom stereocenters. The average molecular weight is 631 g/mol. The molecule has 1 atom stereocenters.